The van der Waals surface area contributed by atoms with Gasteiger partial charge in [0.15, 0.2) is 10.8 Å². The van der Waals surface area contributed by atoms with Crippen LogP contribution in [-0.4, -0.2) is 98.3 Å². The first-order valence-electron chi connectivity index (χ1n) is 25.8. The number of carbonyl (C=O) groups is 4. The molecule has 2 unspecified atom stereocenters. The number of carbonyl (C=O) groups excluding carboxylic acids is 3. The first-order valence-corrected chi connectivity index (χ1v) is 26.6. The minimum atomic E-state index is -1.10. The molecule has 3 aromatic heterocycles. The Kier molecular flexibility index (Phi) is 13.4. The third-order valence-corrected chi connectivity index (χ3v) is 16.6. The minimum absolute atomic E-state index is 0.0216. The van der Waals surface area contributed by atoms with E-state index in [2.05, 4.69) is 44.5 Å². The number of nitrogens with one attached hydrogen (secondary N) is 2. The summed E-state index contributed by atoms with van der Waals surface area (Å²) in [7, 11) is 1.95. The van der Waals surface area contributed by atoms with Crippen LogP contribution in [0.4, 0.5) is 16.6 Å². The number of nitrogens with zero attached hydrogens (tertiary/aromatic N) is 7. The highest BCUT2D eigenvalue weighted by Gasteiger charge is 2.34. The highest BCUT2D eigenvalue weighted by Crippen LogP contribution is 2.39. The SMILES string of the molecule is Cc1c(OC2CCC(CCCN3CCN(c4cccc5c(C6CCC(=O)NC6=O)nn(C)c45)C(C)C3)CC2)cccc1-c1ccc(N2CCc3cccc(C(=O)Nc4nc5ccccc5s4)c3C2)nc1C(=O)O. The monoisotopic (exact) mass is 999 g/mol. The molecule has 1 aliphatic carbocycles. The smallest absolute Gasteiger partial charge is 0.355 e. The number of aromatic nitrogens is 4. The number of anilines is 3. The Bertz CT molecular complexity index is 3240. The number of fused-ring (bicyclic) bond motifs is 3. The van der Waals surface area contributed by atoms with E-state index < -0.39 is 11.9 Å². The van der Waals surface area contributed by atoms with Crippen LogP contribution in [0.25, 0.3) is 32.2 Å². The quantitative estimate of drug-likeness (QED) is 0.0935. The van der Waals surface area contributed by atoms with E-state index in [-0.39, 0.29) is 29.5 Å². The number of para-hydroxylation sites is 2. The number of pyridine rings is 1. The van der Waals surface area contributed by atoms with Crippen LogP contribution < -0.4 is 25.2 Å². The van der Waals surface area contributed by atoms with E-state index >= 15 is 0 Å². The van der Waals surface area contributed by atoms with Crippen molar-refractivity contribution in [3.05, 3.63) is 125 Å². The van der Waals surface area contributed by atoms with Crippen LogP contribution in [0.1, 0.15) is 107 Å². The molecule has 6 heterocycles. The van der Waals surface area contributed by atoms with Gasteiger partial charge in [0.05, 0.1) is 39.1 Å². The van der Waals surface area contributed by atoms with E-state index in [4.69, 9.17) is 14.8 Å². The number of imide groups is 1. The second-order valence-corrected chi connectivity index (χ2v) is 21.3. The Balaban J connectivity index is 0.678. The molecule has 0 radical (unpaired) electrons. The second-order valence-electron chi connectivity index (χ2n) is 20.3. The highest BCUT2D eigenvalue weighted by atomic mass is 32.1. The summed E-state index contributed by atoms with van der Waals surface area (Å²) >= 11 is 1.44. The van der Waals surface area contributed by atoms with Gasteiger partial charge in [0, 0.05) is 68.7 Å². The lowest BCUT2D eigenvalue weighted by atomic mass is 9.84. The van der Waals surface area contributed by atoms with Gasteiger partial charge in [-0.2, -0.15) is 5.10 Å². The normalized spacial score (nSPS) is 20.5. The number of amides is 3. The Morgan fingerprint density at radius 1 is 0.877 bits per heavy atom. The molecule has 73 heavy (non-hydrogen) atoms. The van der Waals surface area contributed by atoms with Crippen molar-refractivity contribution in [2.75, 3.05) is 47.8 Å². The molecule has 0 bridgehead atoms. The predicted octanol–water partition coefficient (Wildman–Crippen LogP) is 9.52. The molecule has 4 aliphatic rings. The molecule has 3 amide bonds. The summed E-state index contributed by atoms with van der Waals surface area (Å²) in [4.78, 5) is 67.7. The molecule has 16 heteroatoms. The lowest BCUT2D eigenvalue weighted by Crippen LogP contribution is -2.52. The number of carboxylic acid groups (broad SMARTS) is 1. The van der Waals surface area contributed by atoms with Crippen LogP contribution in [0.3, 0.4) is 0 Å². The van der Waals surface area contributed by atoms with Crippen molar-refractivity contribution in [1.82, 2.24) is 30.0 Å². The molecule has 4 aromatic carbocycles. The number of piperazine rings is 1. The van der Waals surface area contributed by atoms with Crippen molar-refractivity contribution in [3.63, 3.8) is 0 Å². The Labute approximate surface area is 428 Å². The van der Waals surface area contributed by atoms with Gasteiger partial charge in [0.25, 0.3) is 5.91 Å². The molecule has 1 saturated carbocycles. The van der Waals surface area contributed by atoms with Gasteiger partial charge in [-0.15, -0.1) is 0 Å². The summed E-state index contributed by atoms with van der Waals surface area (Å²) in [5.41, 5.74) is 8.49. The summed E-state index contributed by atoms with van der Waals surface area (Å²) < 4.78 is 9.61. The lowest BCUT2D eigenvalue weighted by molar-refractivity contribution is -0.134. The largest absolute Gasteiger partial charge is 0.490 e. The first-order chi connectivity index (χ1) is 35.4. The van der Waals surface area contributed by atoms with Gasteiger partial charge in [0.2, 0.25) is 11.8 Å². The average molecular weight is 1000 g/mol. The molecule has 3 N–H and O–H groups in total. The summed E-state index contributed by atoms with van der Waals surface area (Å²) in [6.45, 7) is 9.28. The van der Waals surface area contributed by atoms with Crippen molar-refractivity contribution in [2.24, 2.45) is 13.0 Å². The summed E-state index contributed by atoms with van der Waals surface area (Å²) in [5, 5.41) is 22.4. The molecule has 11 rings (SSSR count). The summed E-state index contributed by atoms with van der Waals surface area (Å²) in [6.07, 6.45) is 8.14. The number of carboxylic acids is 1. The van der Waals surface area contributed by atoms with Gasteiger partial charge < -0.3 is 19.6 Å². The van der Waals surface area contributed by atoms with Crippen molar-refractivity contribution in [3.8, 4) is 16.9 Å². The number of piperidine rings is 1. The third kappa shape index (κ3) is 9.77. The first kappa shape index (κ1) is 48.1. The van der Waals surface area contributed by atoms with Crippen LogP contribution in [0.15, 0.2) is 91.0 Å². The maximum Gasteiger partial charge on any atom is 0.355 e. The number of aryl methyl sites for hydroxylation is 1. The van der Waals surface area contributed by atoms with E-state index in [0.29, 0.717) is 66.4 Å². The van der Waals surface area contributed by atoms with Crippen LogP contribution >= 0.6 is 11.3 Å². The van der Waals surface area contributed by atoms with Gasteiger partial charge in [-0.1, -0.05) is 59.9 Å². The molecular weight excluding hydrogens is 939 g/mol. The van der Waals surface area contributed by atoms with E-state index in [1.807, 2.05) is 102 Å². The molecule has 3 aliphatic heterocycles. The van der Waals surface area contributed by atoms with Gasteiger partial charge in [0.1, 0.15) is 11.6 Å². The molecule has 2 atom stereocenters. The third-order valence-electron chi connectivity index (χ3n) is 15.6. The van der Waals surface area contributed by atoms with Crippen molar-refractivity contribution in [2.45, 2.75) is 96.2 Å². The number of thiazole rings is 1. The molecule has 3 fully saturated rings. The van der Waals surface area contributed by atoms with E-state index in [9.17, 15) is 24.3 Å². The number of aromatic carboxylic acids is 1. The summed E-state index contributed by atoms with van der Waals surface area (Å²) in [6, 6.07) is 29.8. The van der Waals surface area contributed by atoms with Gasteiger partial charge in [-0.3, -0.25) is 34.6 Å². The Morgan fingerprint density at radius 2 is 1.70 bits per heavy atom. The molecule has 2 saturated heterocycles. The molecule has 0 spiro atoms. The van der Waals surface area contributed by atoms with Crippen molar-refractivity contribution >= 4 is 72.8 Å². The predicted molar refractivity (Wildman–Crippen MR) is 285 cm³/mol. The van der Waals surface area contributed by atoms with Crippen LogP contribution in [0.5, 0.6) is 5.75 Å². The van der Waals surface area contributed by atoms with Crippen molar-refractivity contribution < 1.29 is 29.0 Å². The molecule has 7 aromatic rings. The number of benzene rings is 4. The van der Waals surface area contributed by atoms with Crippen LogP contribution in [0, 0.1) is 12.8 Å². The van der Waals surface area contributed by atoms with Crippen LogP contribution in [-0.2, 0) is 29.6 Å². The summed E-state index contributed by atoms with van der Waals surface area (Å²) in [5.74, 6) is -0.257. The Morgan fingerprint density at radius 3 is 2.51 bits per heavy atom. The van der Waals surface area contributed by atoms with Gasteiger partial charge in [-0.05, 0) is 142 Å². The highest BCUT2D eigenvalue weighted by molar-refractivity contribution is 7.22. The van der Waals surface area contributed by atoms with Crippen molar-refractivity contribution in [1.29, 1.82) is 0 Å². The average Bonchev–Trinajstić information content (AvgIpc) is 3.97. The van der Waals surface area contributed by atoms with E-state index in [1.165, 1.54) is 17.8 Å². The number of ether oxygens (including phenoxy) is 1. The minimum Gasteiger partial charge on any atom is -0.490 e. The van der Waals surface area contributed by atoms with E-state index in [0.717, 1.165) is 119 Å². The zero-order valence-electron chi connectivity index (χ0n) is 41.6. The van der Waals surface area contributed by atoms with E-state index in [1.54, 1.807) is 0 Å². The molecular formula is C57H61N9O6S. The fourth-order valence-corrected chi connectivity index (χ4v) is 12.7. The fourth-order valence-electron chi connectivity index (χ4n) is 11.8. The second kappa shape index (κ2) is 20.4. The number of hydrogen-bond donors (Lipinski definition) is 3. The van der Waals surface area contributed by atoms with Gasteiger partial charge in [-0.25, -0.2) is 14.8 Å². The molecule has 15 nitrogen and oxygen atoms in total. The maximum absolute atomic E-state index is 13.7. The van der Waals surface area contributed by atoms with Gasteiger partial charge >= 0.3 is 5.97 Å². The number of hydrogen-bond acceptors (Lipinski definition) is 12. The standard InChI is InChI=1S/C57H61N9O6S/c1-34-32-64(30-31-66(34)46-16-7-14-42-51(62-63(3)53(42)46)43-24-26-50(67)60-55(43)69)28-9-10-36-19-21-38(22-20-36)72-47-17-8-12-39(35(47)2)40-23-25-49(59-52(40)56(70)71)65-29-27-37-11-6-13-41(44(37)33-65)54(68)61-57-58-45-15-4-5-18-48(45)73-57/h4-8,11-18,23,25,34,36,38,43H,9-10,19-22,24,26-33H2,1-3H3,(H,70,71)(H,58,61,68)(H,60,67,69). The molecule has 376 valence electrons. The number of rotatable bonds is 13. The zero-order valence-corrected chi connectivity index (χ0v) is 42.4. The fraction of sp³-hybridized carbons (Fsp3) is 0.386. The van der Waals surface area contributed by atoms with Crippen LogP contribution in [0.2, 0.25) is 0 Å². The lowest BCUT2D eigenvalue weighted by Gasteiger charge is -2.41. The Hall–Kier alpha value is -7.17. The zero-order chi connectivity index (χ0) is 50.3. The topological polar surface area (TPSA) is 175 Å². The maximum atomic E-state index is 13.7.